The maximum absolute atomic E-state index is 9.10. The largest absolute Gasteiger partial charge is 0.492 e. The highest BCUT2D eigenvalue weighted by Gasteiger charge is 2.05. The summed E-state index contributed by atoms with van der Waals surface area (Å²) in [6, 6.07) is 11.8. The molecule has 0 amide bonds. The lowest BCUT2D eigenvalue weighted by Crippen LogP contribution is -2.19. The van der Waals surface area contributed by atoms with Gasteiger partial charge in [-0.25, -0.2) is 9.59 Å². The van der Waals surface area contributed by atoms with Crippen molar-refractivity contribution in [3.05, 3.63) is 41.4 Å². The van der Waals surface area contributed by atoms with E-state index in [9.17, 15) is 0 Å². The molecule has 0 aliphatic rings. The fourth-order valence-corrected chi connectivity index (χ4v) is 1.93. The summed E-state index contributed by atoms with van der Waals surface area (Å²) in [7, 11) is 4.06. The molecule has 0 radical (unpaired) electrons. The lowest BCUT2D eigenvalue weighted by atomic mass is 10.1. The predicted octanol–water partition coefficient (Wildman–Crippen LogP) is 2.59. The number of hydrogen-bond acceptors (Lipinski definition) is 4. The molecular weight excluding hydrogens is 322 g/mol. The van der Waals surface area contributed by atoms with Crippen molar-refractivity contribution in [2.24, 2.45) is 0 Å². The summed E-state index contributed by atoms with van der Waals surface area (Å²) in [4.78, 5) is 20.3. The van der Waals surface area contributed by atoms with Gasteiger partial charge >= 0.3 is 11.9 Å². The van der Waals surface area contributed by atoms with Crippen LogP contribution in [0.4, 0.5) is 0 Å². The molecule has 2 rings (SSSR count). The number of nitrogens with zero attached hydrogens (tertiary/aromatic N) is 1. The van der Waals surface area contributed by atoms with Crippen molar-refractivity contribution in [3.8, 4) is 5.75 Å². The van der Waals surface area contributed by atoms with E-state index in [4.69, 9.17) is 36.1 Å². The van der Waals surface area contributed by atoms with Gasteiger partial charge in [0.15, 0.2) is 0 Å². The van der Waals surface area contributed by atoms with Crippen molar-refractivity contribution in [2.75, 3.05) is 27.2 Å². The molecule has 0 fully saturated rings. The summed E-state index contributed by atoms with van der Waals surface area (Å²) in [6.07, 6.45) is 0. The van der Waals surface area contributed by atoms with Gasteiger partial charge in [-0.05, 0) is 26.2 Å². The Morgan fingerprint density at radius 1 is 1.04 bits per heavy atom. The van der Waals surface area contributed by atoms with Gasteiger partial charge in [0, 0.05) is 22.3 Å². The van der Waals surface area contributed by atoms with Gasteiger partial charge in [0.25, 0.3) is 0 Å². The molecule has 2 N–H and O–H groups in total. The van der Waals surface area contributed by atoms with E-state index in [2.05, 4.69) is 4.90 Å². The summed E-state index contributed by atoms with van der Waals surface area (Å²) in [5.41, 5.74) is 0. The summed E-state index contributed by atoms with van der Waals surface area (Å²) < 4.78 is 5.78. The first kappa shape index (κ1) is 18.7. The third-order valence-electron chi connectivity index (χ3n) is 2.81. The number of benzene rings is 2. The van der Waals surface area contributed by atoms with Crippen LogP contribution in [0.1, 0.15) is 0 Å². The summed E-state index contributed by atoms with van der Waals surface area (Å²) >= 11 is 6.15. The zero-order chi connectivity index (χ0) is 17.4. The highest BCUT2D eigenvalue weighted by atomic mass is 35.5. The van der Waals surface area contributed by atoms with Gasteiger partial charge in [-0.3, -0.25) is 0 Å². The SMILES string of the molecule is CN(C)CCOc1ccc(Cl)c2ccccc12.O=C(O)C(=O)O. The van der Waals surface area contributed by atoms with Crippen molar-refractivity contribution in [1.29, 1.82) is 0 Å². The molecule has 2 aromatic rings. The number of likely N-dealkylation sites (N-methyl/N-ethyl adjacent to an activating group) is 1. The van der Waals surface area contributed by atoms with E-state index in [0.717, 1.165) is 28.1 Å². The number of carbonyl (C=O) groups is 2. The Kier molecular flexibility index (Phi) is 7.31. The molecule has 0 saturated carbocycles. The van der Waals surface area contributed by atoms with Crippen LogP contribution in [0.25, 0.3) is 10.8 Å². The van der Waals surface area contributed by atoms with Crippen LogP contribution in [0.3, 0.4) is 0 Å². The number of ether oxygens (including phenoxy) is 1. The first-order chi connectivity index (χ1) is 10.8. The molecule has 7 heteroatoms. The van der Waals surface area contributed by atoms with Crippen LogP contribution in [-0.2, 0) is 9.59 Å². The Balaban J connectivity index is 0.000000379. The second-order valence-corrected chi connectivity index (χ2v) is 5.26. The van der Waals surface area contributed by atoms with Crippen LogP contribution in [0.5, 0.6) is 5.75 Å². The zero-order valence-electron chi connectivity index (χ0n) is 12.8. The zero-order valence-corrected chi connectivity index (χ0v) is 13.6. The number of carboxylic acids is 2. The first-order valence-corrected chi connectivity index (χ1v) is 7.11. The van der Waals surface area contributed by atoms with E-state index < -0.39 is 11.9 Å². The van der Waals surface area contributed by atoms with Gasteiger partial charge in [-0.1, -0.05) is 35.9 Å². The second-order valence-electron chi connectivity index (χ2n) is 4.85. The van der Waals surface area contributed by atoms with Gasteiger partial charge in [0.2, 0.25) is 0 Å². The molecule has 0 aromatic heterocycles. The van der Waals surface area contributed by atoms with Crippen LogP contribution in [-0.4, -0.2) is 54.3 Å². The highest BCUT2D eigenvalue weighted by molar-refractivity contribution is 6.35. The molecule has 0 heterocycles. The molecule has 23 heavy (non-hydrogen) atoms. The Bertz CT molecular complexity index is 675. The van der Waals surface area contributed by atoms with Crippen LogP contribution in [0, 0.1) is 0 Å². The van der Waals surface area contributed by atoms with Crippen molar-refractivity contribution < 1.29 is 24.5 Å². The molecular formula is C16H18ClNO5. The van der Waals surface area contributed by atoms with E-state index >= 15 is 0 Å². The fourth-order valence-electron chi connectivity index (χ4n) is 1.70. The molecule has 0 aliphatic heterocycles. The summed E-state index contributed by atoms with van der Waals surface area (Å²) in [5.74, 6) is -2.75. The number of fused-ring (bicyclic) bond motifs is 1. The van der Waals surface area contributed by atoms with Crippen molar-refractivity contribution >= 4 is 34.3 Å². The monoisotopic (exact) mass is 339 g/mol. The molecule has 2 aromatic carbocycles. The lowest BCUT2D eigenvalue weighted by molar-refractivity contribution is -0.159. The molecule has 0 bridgehead atoms. The molecule has 6 nitrogen and oxygen atoms in total. The van der Waals surface area contributed by atoms with E-state index in [1.54, 1.807) is 0 Å². The molecule has 0 saturated heterocycles. The van der Waals surface area contributed by atoms with Crippen LogP contribution in [0.2, 0.25) is 5.02 Å². The van der Waals surface area contributed by atoms with Gasteiger partial charge < -0.3 is 19.8 Å². The molecule has 124 valence electrons. The Hall–Kier alpha value is -2.31. The Morgan fingerprint density at radius 2 is 1.61 bits per heavy atom. The van der Waals surface area contributed by atoms with Crippen molar-refractivity contribution in [2.45, 2.75) is 0 Å². The summed E-state index contributed by atoms with van der Waals surface area (Å²) in [5, 5.41) is 17.7. The maximum Gasteiger partial charge on any atom is 0.414 e. The number of rotatable bonds is 4. The van der Waals surface area contributed by atoms with Gasteiger partial charge in [-0.2, -0.15) is 0 Å². The minimum atomic E-state index is -1.82. The number of aliphatic carboxylic acids is 2. The smallest absolute Gasteiger partial charge is 0.414 e. The quantitative estimate of drug-likeness (QED) is 0.832. The topological polar surface area (TPSA) is 87.1 Å². The molecule has 0 aliphatic carbocycles. The third-order valence-corrected chi connectivity index (χ3v) is 3.14. The van der Waals surface area contributed by atoms with E-state index in [1.165, 1.54) is 0 Å². The van der Waals surface area contributed by atoms with Crippen molar-refractivity contribution in [1.82, 2.24) is 4.90 Å². The number of halogens is 1. The fraction of sp³-hybridized carbons (Fsp3) is 0.250. The Morgan fingerprint density at radius 3 is 2.13 bits per heavy atom. The minimum Gasteiger partial charge on any atom is -0.492 e. The molecule has 0 atom stereocenters. The Labute approximate surface area is 138 Å². The summed E-state index contributed by atoms with van der Waals surface area (Å²) in [6.45, 7) is 1.58. The average Bonchev–Trinajstić information content (AvgIpc) is 2.50. The second kappa shape index (κ2) is 8.97. The maximum atomic E-state index is 9.10. The number of hydrogen-bond donors (Lipinski definition) is 2. The van der Waals surface area contributed by atoms with Crippen molar-refractivity contribution in [3.63, 3.8) is 0 Å². The molecule has 0 spiro atoms. The van der Waals surface area contributed by atoms with E-state index in [-0.39, 0.29) is 0 Å². The van der Waals surface area contributed by atoms with E-state index in [0.29, 0.717) is 6.61 Å². The minimum absolute atomic E-state index is 0.679. The van der Waals surface area contributed by atoms with Crippen LogP contribution in [0.15, 0.2) is 36.4 Å². The van der Waals surface area contributed by atoms with Crippen LogP contribution < -0.4 is 4.74 Å². The normalized spacial score (nSPS) is 10.1. The average molecular weight is 340 g/mol. The first-order valence-electron chi connectivity index (χ1n) is 6.74. The standard InChI is InChI=1S/C14H16ClNO.C2H2O4/c1-16(2)9-10-17-14-8-7-13(15)11-5-3-4-6-12(11)14;3-1(4)2(5)6/h3-8H,9-10H2,1-2H3;(H,3,4)(H,5,6). The highest BCUT2D eigenvalue weighted by Crippen LogP contribution is 2.31. The predicted molar refractivity (Wildman–Crippen MR) is 88.3 cm³/mol. The van der Waals surface area contributed by atoms with Gasteiger partial charge in [0.1, 0.15) is 12.4 Å². The van der Waals surface area contributed by atoms with Gasteiger partial charge in [-0.15, -0.1) is 0 Å². The lowest BCUT2D eigenvalue weighted by Gasteiger charge is -2.13. The van der Waals surface area contributed by atoms with E-state index in [1.807, 2.05) is 50.5 Å². The number of carboxylic acid groups (broad SMARTS) is 2. The van der Waals surface area contributed by atoms with Gasteiger partial charge in [0.05, 0.1) is 0 Å². The molecule has 0 unspecified atom stereocenters. The third kappa shape index (κ3) is 6.14. The van der Waals surface area contributed by atoms with Crippen LogP contribution >= 0.6 is 11.6 Å².